The SMILES string of the molecule is Cc1cc(N)c2nc(C)n(C)c2c1. The second-order valence-corrected chi connectivity index (χ2v) is 3.44. The zero-order valence-electron chi connectivity index (χ0n) is 8.13. The van der Waals surface area contributed by atoms with Crippen LogP contribution in [0.5, 0.6) is 0 Å². The summed E-state index contributed by atoms with van der Waals surface area (Å²) in [4.78, 5) is 4.39. The third kappa shape index (κ3) is 1.08. The summed E-state index contributed by atoms with van der Waals surface area (Å²) in [6.45, 7) is 4.02. The van der Waals surface area contributed by atoms with Crippen molar-refractivity contribution < 1.29 is 0 Å². The molecule has 0 atom stereocenters. The number of fused-ring (bicyclic) bond motifs is 1. The van der Waals surface area contributed by atoms with Gasteiger partial charge in [-0.2, -0.15) is 0 Å². The number of imidazole rings is 1. The fraction of sp³-hybridized carbons (Fsp3) is 0.300. The zero-order chi connectivity index (χ0) is 9.59. The Morgan fingerprint density at radius 2 is 2.00 bits per heavy atom. The lowest BCUT2D eigenvalue weighted by atomic mass is 10.2. The van der Waals surface area contributed by atoms with E-state index in [2.05, 4.69) is 15.6 Å². The van der Waals surface area contributed by atoms with Crippen LogP contribution in [0, 0.1) is 13.8 Å². The predicted octanol–water partition coefficient (Wildman–Crippen LogP) is 1.77. The molecule has 1 heterocycles. The van der Waals surface area contributed by atoms with Gasteiger partial charge in [0.05, 0.1) is 11.2 Å². The molecule has 2 aromatic rings. The first-order chi connectivity index (χ1) is 6.09. The maximum Gasteiger partial charge on any atom is 0.112 e. The van der Waals surface area contributed by atoms with Crippen LogP contribution in [0.15, 0.2) is 12.1 Å². The first-order valence-corrected chi connectivity index (χ1v) is 4.29. The monoisotopic (exact) mass is 175 g/mol. The Kier molecular flexibility index (Phi) is 1.55. The second kappa shape index (κ2) is 2.49. The minimum Gasteiger partial charge on any atom is -0.397 e. The first kappa shape index (κ1) is 8.10. The van der Waals surface area contributed by atoms with Gasteiger partial charge in [0.2, 0.25) is 0 Å². The number of anilines is 1. The molecule has 2 rings (SSSR count). The Balaban J connectivity index is 2.94. The second-order valence-electron chi connectivity index (χ2n) is 3.44. The highest BCUT2D eigenvalue weighted by molar-refractivity contribution is 5.88. The Morgan fingerprint density at radius 1 is 1.31 bits per heavy atom. The number of benzene rings is 1. The molecule has 0 spiro atoms. The normalized spacial score (nSPS) is 11.0. The maximum absolute atomic E-state index is 5.86. The minimum absolute atomic E-state index is 0.763. The van der Waals surface area contributed by atoms with Crippen molar-refractivity contribution in [2.24, 2.45) is 7.05 Å². The van der Waals surface area contributed by atoms with Crippen LogP contribution in [0.3, 0.4) is 0 Å². The van der Waals surface area contributed by atoms with E-state index in [0.717, 1.165) is 22.5 Å². The van der Waals surface area contributed by atoms with Crippen LogP contribution in [0.25, 0.3) is 11.0 Å². The topological polar surface area (TPSA) is 43.8 Å². The zero-order valence-corrected chi connectivity index (χ0v) is 8.13. The van der Waals surface area contributed by atoms with Gasteiger partial charge in [-0.15, -0.1) is 0 Å². The number of nitrogens with two attached hydrogens (primary N) is 1. The van der Waals surface area contributed by atoms with Crippen LogP contribution in [-0.2, 0) is 7.05 Å². The lowest BCUT2D eigenvalue weighted by Crippen LogP contribution is -1.91. The molecule has 0 amide bonds. The number of nitrogen functional groups attached to an aromatic ring is 1. The summed E-state index contributed by atoms with van der Waals surface area (Å²) < 4.78 is 2.05. The summed E-state index contributed by atoms with van der Waals surface area (Å²) in [7, 11) is 2.00. The van der Waals surface area contributed by atoms with E-state index < -0.39 is 0 Å². The summed E-state index contributed by atoms with van der Waals surface area (Å²) in [6, 6.07) is 4.06. The summed E-state index contributed by atoms with van der Waals surface area (Å²) in [5.41, 5.74) is 9.81. The molecule has 0 bridgehead atoms. The van der Waals surface area contributed by atoms with Gasteiger partial charge >= 0.3 is 0 Å². The highest BCUT2D eigenvalue weighted by Gasteiger charge is 2.06. The van der Waals surface area contributed by atoms with Crippen LogP contribution in [-0.4, -0.2) is 9.55 Å². The Morgan fingerprint density at radius 3 is 2.69 bits per heavy atom. The van der Waals surface area contributed by atoms with Crippen molar-refractivity contribution in [1.29, 1.82) is 0 Å². The van der Waals surface area contributed by atoms with E-state index >= 15 is 0 Å². The molecule has 3 nitrogen and oxygen atoms in total. The van der Waals surface area contributed by atoms with Gasteiger partial charge < -0.3 is 10.3 Å². The molecule has 0 saturated carbocycles. The van der Waals surface area contributed by atoms with Gasteiger partial charge in [-0.05, 0) is 31.5 Å². The molecule has 3 heteroatoms. The molecule has 1 aromatic carbocycles. The largest absolute Gasteiger partial charge is 0.397 e. The Bertz CT molecular complexity index is 468. The Labute approximate surface area is 77.2 Å². The molecule has 13 heavy (non-hydrogen) atoms. The van der Waals surface area contributed by atoms with E-state index in [-0.39, 0.29) is 0 Å². The maximum atomic E-state index is 5.86. The quantitative estimate of drug-likeness (QED) is 0.620. The highest BCUT2D eigenvalue weighted by Crippen LogP contribution is 2.22. The smallest absolute Gasteiger partial charge is 0.112 e. The molecule has 1 aromatic heterocycles. The molecule has 0 fully saturated rings. The summed E-state index contributed by atoms with van der Waals surface area (Å²) in [5.74, 6) is 0.993. The van der Waals surface area contributed by atoms with Crippen LogP contribution >= 0.6 is 0 Å². The van der Waals surface area contributed by atoms with Crippen LogP contribution in [0.2, 0.25) is 0 Å². The van der Waals surface area contributed by atoms with Gasteiger partial charge in [0.15, 0.2) is 0 Å². The molecule has 0 aliphatic carbocycles. The number of nitrogens with zero attached hydrogens (tertiary/aromatic N) is 2. The lowest BCUT2D eigenvalue weighted by molar-refractivity contribution is 0.885. The van der Waals surface area contributed by atoms with E-state index in [1.165, 1.54) is 5.56 Å². The van der Waals surface area contributed by atoms with Gasteiger partial charge in [0.1, 0.15) is 11.3 Å². The number of aromatic nitrogens is 2. The lowest BCUT2D eigenvalue weighted by Gasteiger charge is -1.99. The number of hydrogen-bond donors (Lipinski definition) is 1. The van der Waals surface area contributed by atoms with E-state index in [1.54, 1.807) is 0 Å². The van der Waals surface area contributed by atoms with Crippen molar-refractivity contribution in [3.8, 4) is 0 Å². The highest BCUT2D eigenvalue weighted by atomic mass is 15.1. The fourth-order valence-electron chi connectivity index (χ4n) is 1.58. The third-order valence-corrected chi connectivity index (χ3v) is 2.38. The molecule has 68 valence electrons. The van der Waals surface area contributed by atoms with Crippen molar-refractivity contribution in [2.45, 2.75) is 13.8 Å². The van der Waals surface area contributed by atoms with Crippen molar-refractivity contribution in [3.63, 3.8) is 0 Å². The molecule has 0 saturated heterocycles. The molecule has 0 aliphatic rings. The van der Waals surface area contributed by atoms with Crippen molar-refractivity contribution in [2.75, 3.05) is 5.73 Å². The number of rotatable bonds is 0. The standard InChI is InChI=1S/C10H13N3/c1-6-4-8(11)10-9(5-6)13(3)7(2)12-10/h4-5H,11H2,1-3H3. The predicted molar refractivity (Wildman–Crippen MR) is 54.6 cm³/mol. The van der Waals surface area contributed by atoms with Gasteiger partial charge in [-0.1, -0.05) is 0 Å². The van der Waals surface area contributed by atoms with Gasteiger partial charge in [0.25, 0.3) is 0 Å². The minimum atomic E-state index is 0.763. The Hall–Kier alpha value is -1.51. The summed E-state index contributed by atoms with van der Waals surface area (Å²) >= 11 is 0. The first-order valence-electron chi connectivity index (χ1n) is 4.29. The summed E-state index contributed by atoms with van der Waals surface area (Å²) in [6.07, 6.45) is 0. The van der Waals surface area contributed by atoms with E-state index in [1.807, 2.05) is 27.0 Å². The van der Waals surface area contributed by atoms with Crippen LogP contribution in [0.1, 0.15) is 11.4 Å². The molecular formula is C10H13N3. The van der Waals surface area contributed by atoms with Crippen molar-refractivity contribution in [3.05, 3.63) is 23.5 Å². The van der Waals surface area contributed by atoms with Crippen LogP contribution < -0.4 is 5.73 Å². The summed E-state index contributed by atoms with van der Waals surface area (Å²) in [5, 5.41) is 0. The number of aryl methyl sites for hydroxylation is 3. The average Bonchev–Trinajstić information content (AvgIpc) is 2.32. The fourth-order valence-corrected chi connectivity index (χ4v) is 1.58. The molecule has 0 aliphatic heterocycles. The van der Waals surface area contributed by atoms with Crippen molar-refractivity contribution in [1.82, 2.24) is 9.55 Å². The van der Waals surface area contributed by atoms with E-state index in [0.29, 0.717) is 0 Å². The van der Waals surface area contributed by atoms with Crippen molar-refractivity contribution >= 4 is 16.7 Å². The molecule has 0 radical (unpaired) electrons. The molecule has 0 unspecified atom stereocenters. The van der Waals surface area contributed by atoms with E-state index in [4.69, 9.17) is 5.73 Å². The third-order valence-electron chi connectivity index (χ3n) is 2.38. The van der Waals surface area contributed by atoms with Gasteiger partial charge in [0, 0.05) is 7.05 Å². The number of hydrogen-bond acceptors (Lipinski definition) is 2. The van der Waals surface area contributed by atoms with Gasteiger partial charge in [-0.25, -0.2) is 4.98 Å². The molecular weight excluding hydrogens is 162 g/mol. The van der Waals surface area contributed by atoms with Gasteiger partial charge in [-0.3, -0.25) is 0 Å². The average molecular weight is 175 g/mol. The van der Waals surface area contributed by atoms with Crippen LogP contribution in [0.4, 0.5) is 5.69 Å². The van der Waals surface area contributed by atoms with E-state index in [9.17, 15) is 0 Å². The molecule has 2 N–H and O–H groups in total.